The molecule has 4 heteroatoms. The Morgan fingerprint density at radius 3 is 2.11 bits per heavy atom. The maximum atomic E-state index is 12.6. The third-order valence-electron chi connectivity index (χ3n) is 6.63. The van der Waals surface area contributed by atoms with E-state index < -0.39 is 25.6 Å². The van der Waals surface area contributed by atoms with Crippen LogP contribution < -0.4 is 0 Å². The minimum atomic E-state index is -0.842. The average molecular weight is 385 g/mol. The molecule has 1 aliphatic heterocycles. The van der Waals surface area contributed by atoms with Gasteiger partial charge in [0, 0.05) is 11.1 Å². The van der Waals surface area contributed by atoms with E-state index in [2.05, 4.69) is 6.55 Å². The summed E-state index contributed by atoms with van der Waals surface area (Å²) >= 11 is 0. The molecule has 1 heterocycles. The Morgan fingerprint density at radius 2 is 1.41 bits per heavy atom. The molecule has 0 N–H and O–H groups in total. The van der Waals surface area contributed by atoms with Crippen molar-refractivity contribution >= 4 is 25.4 Å². The Labute approximate surface area is 163 Å². The summed E-state index contributed by atoms with van der Waals surface area (Å²) in [5.41, 5.74) is 0.708. The van der Waals surface area contributed by atoms with Crippen molar-refractivity contribution in [3.05, 3.63) is 35.4 Å². The molecule has 146 valence electrons. The topological polar surface area (TPSA) is 51.2 Å². The molecule has 0 saturated carbocycles. The summed E-state index contributed by atoms with van der Waals surface area (Å²) in [4.78, 5) is 37.1. The van der Waals surface area contributed by atoms with Crippen LogP contribution in [0, 0.1) is 5.92 Å². The SMILES string of the molecule is C[Si]1(CCCCCCCCC2C(=O)C(=O)c3ccccc3C2=O)CCCC1. The highest BCUT2D eigenvalue weighted by Gasteiger charge is 2.39. The first kappa shape index (κ1) is 20.2. The van der Waals surface area contributed by atoms with Gasteiger partial charge in [-0.05, 0) is 6.42 Å². The second kappa shape index (κ2) is 9.09. The van der Waals surface area contributed by atoms with Gasteiger partial charge in [0.25, 0.3) is 0 Å². The van der Waals surface area contributed by atoms with E-state index in [4.69, 9.17) is 0 Å². The fourth-order valence-corrected chi connectivity index (χ4v) is 8.90. The van der Waals surface area contributed by atoms with E-state index in [1.165, 1.54) is 50.2 Å². The fourth-order valence-electron chi connectivity index (χ4n) is 4.84. The molecular weight excluding hydrogens is 352 g/mol. The van der Waals surface area contributed by atoms with Crippen molar-refractivity contribution in [1.29, 1.82) is 0 Å². The zero-order chi connectivity index (χ0) is 19.3. The van der Waals surface area contributed by atoms with Gasteiger partial charge in [-0.2, -0.15) is 0 Å². The van der Waals surface area contributed by atoms with Crippen LogP contribution in [0.2, 0.25) is 24.7 Å². The minimum Gasteiger partial charge on any atom is -0.293 e. The molecule has 1 fully saturated rings. The Morgan fingerprint density at radius 1 is 0.815 bits per heavy atom. The van der Waals surface area contributed by atoms with Gasteiger partial charge in [-0.15, -0.1) is 0 Å². The van der Waals surface area contributed by atoms with E-state index in [1.54, 1.807) is 24.3 Å². The van der Waals surface area contributed by atoms with Crippen molar-refractivity contribution in [3.63, 3.8) is 0 Å². The van der Waals surface area contributed by atoms with Crippen molar-refractivity contribution < 1.29 is 14.4 Å². The van der Waals surface area contributed by atoms with Gasteiger partial charge in [-0.1, -0.05) is 100 Å². The molecule has 1 aliphatic carbocycles. The molecule has 1 atom stereocenters. The van der Waals surface area contributed by atoms with Crippen LogP contribution in [-0.2, 0) is 4.79 Å². The zero-order valence-corrected chi connectivity index (χ0v) is 17.6. The molecule has 3 nitrogen and oxygen atoms in total. The lowest BCUT2D eigenvalue weighted by Crippen LogP contribution is -2.36. The van der Waals surface area contributed by atoms with E-state index in [9.17, 15) is 14.4 Å². The Balaban J connectivity index is 1.35. The molecule has 1 saturated heterocycles. The van der Waals surface area contributed by atoms with Crippen LogP contribution in [0.3, 0.4) is 0 Å². The molecule has 0 bridgehead atoms. The number of hydrogen-bond acceptors (Lipinski definition) is 3. The lowest BCUT2D eigenvalue weighted by Gasteiger charge is -2.21. The quantitative estimate of drug-likeness (QED) is 0.232. The second-order valence-corrected chi connectivity index (χ2v) is 14.0. The fraction of sp³-hybridized carbons (Fsp3) is 0.609. The van der Waals surface area contributed by atoms with E-state index in [0.717, 1.165) is 19.3 Å². The molecule has 0 amide bonds. The van der Waals surface area contributed by atoms with Crippen molar-refractivity contribution in [2.75, 3.05) is 0 Å². The van der Waals surface area contributed by atoms with Crippen molar-refractivity contribution in [1.82, 2.24) is 0 Å². The number of Topliss-reactive ketones (excluding diaryl/α,β-unsaturated/α-hetero) is 3. The van der Waals surface area contributed by atoms with Gasteiger partial charge >= 0.3 is 0 Å². The van der Waals surface area contributed by atoms with Gasteiger partial charge in [0.05, 0.1) is 14.0 Å². The number of carbonyl (C=O) groups is 3. The molecule has 0 aromatic heterocycles. The third-order valence-corrected chi connectivity index (χ3v) is 11.3. The number of unbranched alkanes of at least 4 members (excludes halogenated alkanes) is 5. The van der Waals surface area contributed by atoms with E-state index in [1.807, 2.05) is 0 Å². The highest BCUT2D eigenvalue weighted by molar-refractivity contribution is 6.79. The monoisotopic (exact) mass is 384 g/mol. The van der Waals surface area contributed by atoms with Gasteiger partial charge < -0.3 is 0 Å². The molecular formula is C23H32O3Si. The summed E-state index contributed by atoms with van der Waals surface area (Å²) in [6.07, 6.45) is 10.5. The van der Waals surface area contributed by atoms with Gasteiger partial charge in [-0.3, -0.25) is 14.4 Å². The summed E-state index contributed by atoms with van der Waals surface area (Å²) in [6.45, 7) is 2.58. The minimum absolute atomic E-state index is 0.162. The van der Waals surface area contributed by atoms with Crippen LogP contribution >= 0.6 is 0 Å². The summed E-state index contributed by atoms with van der Waals surface area (Å²) in [5.74, 6) is -1.90. The average Bonchev–Trinajstić information content (AvgIpc) is 3.11. The molecule has 3 rings (SSSR count). The Kier molecular flexibility index (Phi) is 6.80. The number of hydrogen-bond donors (Lipinski definition) is 0. The van der Waals surface area contributed by atoms with Crippen molar-refractivity contribution in [2.45, 2.75) is 82.5 Å². The van der Waals surface area contributed by atoms with Gasteiger partial charge in [0.2, 0.25) is 11.6 Å². The van der Waals surface area contributed by atoms with E-state index in [0.29, 0.717) is 12.0 Å². The molecule has 0 spiro atoms. The van der Waals surface area contributed by atoms with Crippen molar-refractivity contribution in [3.8, 4) is 0 Å². The largest absolute Gasteiger partial charge is 0.293 e. The molecule has 27 heavy (non-hydrogen) atoms. The van der Waals surface area contributed by atoms with Crippen LogP contribution in [0.4, 0.5) is 0 Å². The van der Waals surface area contributed by atoms with Crippen LogP contribution in [-0.4, -0.2) is 25.4 Å². The summed E-state index contributed by atoms with van der Waals surface area (Å²) in [7, 11) is -0.842. The lowest BCUT2D eigenvalue weighted by atomic mass is 9.78. The van der Waals surface area contributed by atoms with Crippen molar-refractivity contribution in [2.24, 2.45) is 5.92 Å². The van der Waals surface area contributed by atoms with Crippen LogP contribution in [0.15, 0.2) is 24.3 Å². The summed E-state index contributed by atoms with van der Waals surface area (Å²) < 4.78 is 0. The number of rotatable bonds is 9. The number of fused-ring (bicyclic) bond motifs is 1. The number of carbonyl (C=O) groups excluding carboxylic acids is 3. The molecule has 1 aromatic carbocycles. The first-order valence-corrected chi connectivity index (χ1v) is 13.9. The van der Waals surface area contributed by atoms with E-state index >= 15 is 0 Å². The molecule has 1 unspecified atom stereocenters. The highest BCUT2D eigenvalue weighted by Crippen LogP contribution is 2.34. The van der Waals surface area contributed by atoms with Gasteiger partial charge in [0.15, 0.2) is 5.78 Å². The molecule has 0 radical (unpaired) electrons. The Hall–Kier alpha value is -1.55. The third kappa shape index (κ3) is 4.84. The maximum Gasteiger partial charge on any atom is 0.230 e. The highest BCUT2D eigenvalue weighted by atomic mass is 28.3. The first-order valence-electron chi connectivity index (χ1n) is 10.7. The number of benzene rings is 1. The normalized spacial score (nSPS) is 21.5. The summed E-state index contributed by atoms with van der Waals surface area (Å²) in [5, 5.41) is 0. The zero-order valence-electron chi connectivity index (χ0n) is 16.6. The smallest absolute Gasteiger partial charge is 0.230 e. The van der Waals surface area contributed by atoms with E-state index in [-0.39, 0.29) is 11.3 Å². The standard InChI is InChI=1S/C23H32O3Si/c1-27(16-10-11-17-27)15-9-5-3-2-4-6-14-20-21(24)18-12-7-8-13-19(18)22(25)23(20)26/h7-8,12-13,20H,2-6,9-11,14-17H2,1H3. The second-order valence-electron chi connectivity index (χ2n) is 8.83. The van der Waals surface area contributed by atoms with Crippen LogP contribution in [0.5, 0.6) is 0 Å². The molecule has 2 aliphatic rings. The predicted octanol–water partition coefficient (Wildman–Crippen LogP) is 5.85. The van der Waals surface area contributed by atoms with Crippen LogP contribution in [0.25, 0.3) is 0 Å². The number of ketones is 3. The molecule has 1 aromatic rings. The van der Waals surface area contributed by atoms with Gasteiger partial charge in [0.1, 0.15) is 0 Å². The first-order chi connectivity index (χ1) is 13.0. The maximum absolute atomic E-state index is 12.6. The summed E-state index contributed by atoms with van der Waals surface area (Å²) in [6, 6.07) is 11.3. The predicted molar refractivity (Wildman–Crippen MR) is 111 cm³/mol. The van der Waals surface area contributed by atoms with Gasteiger partial charge in [-0.25, -0.2) is 0 Å². The Bertz CT molecular complexity index is 703. The van der Waals surface area contributed by atoms with Crippen LogP contribution in [0.1, 0.15) is 78.5 Å². The lowest BCUT2D eigenvalue weighted by molar-refractivity contribution is -0.117.